The van der Waals surface area contributed by atoms with Crippen LogP contribution in [-0.2, 0) is 4.79 Å². The second kappa shape index (κ2) is 5.99. The fourth-order valence-electron chi connectivity index (χ4n) is 1.20. The molecule has 0 atom stereocenters. The van der Waals surface area contributed by atoms with Gasteiger partial charge in [0.1, 0.15) is 5.75 Å². The number of hydrogen-bond acceptors (Lipinski definition) is 3. The average Bonchev–Trinajstić information content (AvgIpc) is 2.33. The van der Waals surface area contributed by atoms with E-state index in [-0.39, 0.29) is 0 Å². The van der Waals surface area contributed by atoms with Gasteiger partial charge in [0.2, 0.25) is 0 Å². The molecule has 0 saturated carbocycles. The monoisotopic (exact) mass is 227 g/mol. The summed E-state index contributed by atoms with van der Waals surface area (Å²) < 4.78 is 5.08. The summed E-state index contributed by atoms with van der Waals surface area (Å²) >= 11 is 0. The van der Waals surface area contributed by atoms with Crippen molar-refractivity contribution in [2.45, 2.75) is 0 Å². The number of carbonyl (C=O) groups is 1. The summed E-state index contributed by atoms with van der Waals surface area (Å²) in [6.45, 7) is 0. The highest BCUT2D eigenvalue weighted by Crippen LogP contribution is 2.20. The van der Waals surface area contributed by atoms with Gasteiger partial charge in [-0.2, -0.15) is 5.26 Å². The third kappa shape index (κ3) is 3.73. The van der Waals surface area contributed by atoms with Gasteiger partial charge in [-0.15, -0.1) is 0 Å². The van der Waals surface area contributed by atoms with Crippen LogP contribution in [0.15, 0.2) is 24.3 Å². The molecule has 0 saturated heterocycles. The molecule has 0 aliphatic heterocycles. The highest BCUT2D eigenvalue weighted by Gasteiger charge is 2.01. The topological polar surface area (TPSA) is 70.3 Å². The molecule has 0 bridgehead atoms. The maximum Gasteiger partial charge on any atom is 0.328 e. The molecule has 0 unspecified atom stereocenters. The van der Waals surface area contributed by atoms with E-state index in [1.165, 1.54) is 13.2 Å². The van der Waals surface area contributed by atoms with Crippen molar-refractivity contribution in [3.8, 4) is 23.7 Å². The van der Waals surface area contributed by atoms with Crippen molar-refractivity contribution in [3.05, 3.63) is 35.4 Å². The maximum atomic E-state index is 10.4. The fraction of sp³-hybridized carbons (Fsp3) is 0.0769. The Kier molecular flexibility index (Phi) is 4.35. The van der Waals surface area contributed by atoms with E-state index in [4.69, 9.17) is 15.1 Å². The van der Waals surface area contributed by atoms with Crippen LogP contribution in [-0.4, -0.2) is 18.2 Å². The van der Waals surface area contributed by atoms with Crippen LogP contribution in [0.25, 0.3) is 6.08 Å². The van der Waals surface area contributed by atoms with Gasteiger partial charge >= 0.3 is 5.97 Å². The minimum atomic E-state index is -1.04. The van der Waals surface area contributed by atoms with E-state index >= 15 is 0 Å². The lowest BCUT2D eigenvalue weighted by molar-refractivity contribution is -0.131. The van der Waals surface area contributed by atoms with Gasteiger partial charge in [-0.3, -0.25) is 0 Å². The third-order valence-electron chi connectivity index (χ3n) is 1.90. The number of methoxy groups -OCH3 is 1. The number of hydrogen-bond donors (Lipinski definition) is 1. The van der Waals surface area contributed by atoms with Gasteiger partial charge in [-0.25, -0.2) is 4.79 Å². The van der Waals surface area contributed by atoms with Crippen molar-refractivity contribution in [2.75, 3.05) is 7.11 Å². The van der Waals surface area contributed by atoms with Gasteiger partial charge in [0.25, 0.3) is 0 Å². The van der Waals surface area contributed by atoms with Crippen LogP contribution in [0.2, 0.25) is 0 Å². The number of aliphatic carboxylic acids is 1. The Morgan fingerprint density at radius 3 is 2.88 bits per heavy atom. The van der Waals surface area contributed by atoms with Gasteiger partial charge in [-0.1, -0.05) is 5.92 Å². The molecule has 17 heavy (non-hydrogen) atoms. The molecule has 0 aliphatic rings. The zero-order valence-electron chi connectivity index (χ0n) is 9.10. The van der Waals surface area contributed by atoms with Crippen molar-refractivity contribution in [1.82, 2.24) is 0 Å². The summed E-state index contributed by atoms with van der Waals surface area (Å²) in [4.78, 5) is 10.4. The minimum absolute atomic E-state index is 0.546. The lowest BCUT2D eigenvalue weighted by atomic mass is 10.1. The summed E-state index contributed by atoms with van der Waals surface area (Å²) in [6.07, 6.45) is 2.43. The normalized spacial score (nSPS) is 9.18. The van der Waals surface area contributed by atoms with Crippen molar-refractivity contribution >= 4 is 12.0 Å². The van der Waals surface area contributed by atoms with Gasteiger partial charge in [0, 0.05) is 23.1 Å². The molecule has 1 N–H and O–H groups in total. The number of nitriles is 1. The van der Waals surface area contributed by atoms with Crippen molar-refractivity contribution in [1.29, 1.82) is 5.26 Å². The zero-order valence-corrected chi connectivity index (χ0v) is 9.10. The number of carboxylic acids is 1. The summed E-state index contributed by atoms with van der Waals surface area (Å²) in [7, 11) is 1.49. The molecule has 0 amide bonds. The SMILES string of the molecule is COc1ccc(C#CC#N)cc1/C=C/C(=O)O. The van der Waals surface area contributed by atoms with Gasteiger partial charge in [0.05, 0.1) is 7.11 Å². The van der Waals surface area contributed by atoms with E-state index in [9.17, 15) is 4.79 Å². The molecule has 0 aromatic heterocycles. The predicted molar refractivity (Wildman–Crippen MR) is 62.2 cm³/mol. The summed E-state index contributed by atoms with van der Waals surface area (Å²) in [5, 5.41) is 16.9. The Labute approximate surface area is 98.8 Å². The summed E-state index contributed by atoms with van der Waals surface area (Å²) in [6, 6.07) is 6.73. The second-order valence-electron chi connectivity index (χ2n) is 2.99. The molecular formula is C13H9NO3. The fourth-order valence-corrected chi connectivity index (χ4v) is 1.20. The lowest BCUT2D eigenvalue weighted by Gasteiger charge is -2.04. The van der Waals surface area contributed by atoms with Crippen LogP contribution in [0.5, 0.6) is 5.75 Å². The predicted octanol–water partition coefficient (Wildman–Crippen LogP) is 1.67. The molecule has 0 radical (unpaired) electrons. The Bertz CT molecular complexity index is 556. The molecule has 0 spiro atoms. The number of nitrogens with zero attached hydrogens (tertiary/aromatic N) is 1. The van der Waals surface area contributed by atoms with Crippen LogP contribution in [0, 0.1) is 23.2 Å². The number of benzene rings is 1. The van der Waals surface area contributed by atoms with E-state index in [1.807, 2.05) is 0 Å². The van der Waals surface area contributed by atoms with Crippen LogP contribution < -0.4 is 4.74 Å². The van der Waals surface area contributed by atoms with Crippen molar-refractivity contribution in [3.63, 3.8) is 0 Å². The first-order chi connectivity index (χ1) is 8.17. The smallest absolute Gasteiger partial charge is 0.328 e. The lowest BCUT2D eigenvalue weighted by Crippen LogP contribution is -1.90. The number of carboxylic acid groups (broad SMARTS) is 1. The first-order valence-corrected chi connectivity index (χ1v) is 4.66. The molecule has 1 aromatic carbocycles. The molecule has 1 aromatic rings. The van der Waals surface area contributed by atoms with Gasteiger partial charge < -0.3 is 9.84 Å². The molecule has 0 fully saturated rings. The quantitative estimate of drug-likeness (QED) is 0.629. The molecule has 84 valence electrons. The van der Waals surface area contributed by atoms with E-state index in [1.54, 1.807) is 24.3 Å². The molecule has 4 nitrogen and oxygen atoms in total. The standard InChI is InChI=1S/C13H9NO3/c1-17-12-6-4-10(3-2-8-14)9-11(12)5-7-13(15)16/h4-7,9H,1H3,(H,15,16)/b7-5+. The molecule has 0 aliphatic carbocycles. The number of ether oxygens (including phenoxy) is 1. The van der Waals surface area contributed by atoms with Crippen LogP contribution in [0.4, 0.5) is 0 Å². The van der Waals surface area contributed by atoms with E-state index in [0.717, 1.165) is 6.08 Å². The van der Waals surface area contributed by atoms with E-state index in [2.05, 4.69) is 11.8 Å². The first kappa shape index (κ1) is 12.4. The highest BCUT2D eigenvalue weighted by atomic mass is 16.5. The maximum absolute atomic E-state index is 10.4. The second-order valence-corrected chi connectivity index (χ2v) is 2.99. The third-order valence-corrected chi connectivity index (χ3v) is 1.90. The van der Waals surface area contributed by atoms with E-state index in [0.29, 0.717) is 16.9 Å². The van der Waals surface area contributed by atoms with Crippen LogP contribution in [0.3, 0.4) is 0 Å². The van der Waals surface area contributed by atoms with Gasteiger partial charge in [-0.05, 0) is 24.3 Å². The molecule has 4 heteroatoms. The largest absolute Gasteiger partial charge is 0.496 e. The Balaban J connectivity index is 3.16. The molecular weight excluding hydrogens is 218 g/mol. The highest BCUT2D eigenvalue weighted by molar-refractivity contribution is 5.86. The zero-order chi connectivity index (χ0) is 12.7. The summed E-state index contributed by atoms with van der Waals surface area (Å²) in [5.74, 6) is 4.40. The minimum Gasteiger partial charge on any atom is -0.496 e. The van der Waals surface area contributed by atoms with Crippen molar-refractivity contribution < 1.29 is 14.6 Å². The Morgan fingerprint density at radius 2 is 2.29 bits per heavy atom. The molecule has 1 rings (SSSR count). The van der Waals surface area contributed by atoms with Crippen LogP contribution in [0.1, 0.15) is 11.1 Å². The average molecular weight is 227 g/mol. The Morgan fingerprint density at radius 1 is 1.53 bits per heavy atom. The van der Waals surface area contributed by atoms with Crippen LogP contribution >= 0.6 is 0 Å². The van der Waals surface area contributed by atoms with E-state index < -0.39 is 5.97 Å². The number of rotatable bonds is 3. The van der Waals surface area contributed by atoms with Crippen molar-refractivity contribution in [2.24, 2.45) is 0 Å². The first-order valence-electron chi connectivity index (χ1n) is 4.66. The molecule has 0 heterocycles. The Hall–Kier alpha value is -2.72. The van der Waals surface area contributed by atoms with Gasteiger partial charge in [0.15, 0.2) is 6.07 Å². The summed E-state index contributed by atoms with van der Waals surface area (Å²) in [5.41, 5.74) is 1.22.